The van der Waals surface area contributed by atoms with E-state index in [9.17, 15) is 4.79 Å². The Kier molecular flexibility index (Phi) is 3.63. The highest BCUT2D eigenvalue weighted by Crippen LogP contribution is 2.30. The van der Waals surface area contributed by atoms with Crippen molar-refractivity contribution in [1.82, 2.24) is 0 Å². The number of aliphatic carboxylic acids is 1. The number of nitrogens with one attached hydrogen (secondary N) is 1. The molecule has 0 radical (unpaired) electrons. The summed E-state index contributed by atoms with van der Waals surface area (Å²) >= 11 is 0. The number of carbonyl (C=O) groups is 1. The quantitative estimate of drug-likeness (QED) is 0.449. The second-order valence-electron chi connectivity index (χ2n) is 2.81. The molecule has 6 nitrogen and oxygen atoms in total. The minimum absolute atomic E-state index is 0.212. The summed E-state index contributed by atoms with van der Waals surface area (Å²) in [5, 5.41) is 8.86. The fraction of sp³-hybridized carbons (Fsp3) is 0.200. The van der Waals surface area contributed by atoms with Gasteiger partial charge in [0.1, 0.15) is 5.56 Å². The van der Waals surface area contributed by atoms with E-state index in [0.717, 1.165) is 0 Å². The van der Waals surface area contributed by atoms with E-state index < -0.39 is 11.7 Å². The lowest BCUT2D eigenvalue weighted by Crippen LogP contribution is -2.16. The molecule has 0 amide bonds. The highest BCUT2D eigenvalue weighted by Gasteiger charge is 2.29. The smallest absolute Gasteiger partial charge is 0.459 e. The number of para-hydroxylation sites is 1. The fourth-order valence-corrected chi connectivity index (χ4v) is 1.30. The summed E-state index contributed by atoms with van der Waals surface area (Å²) in [6, 6.07) is 4.74. The molecule has 0 aliphatic rings. The van der Waals surface area contributed by atoms with Gasteiger partial charge in [-0.1, -0.05) is 6.07 Å². The van der Waals surface area contributed by atoms with Crippen LogP contribution < -0.4 is 9.47 Å². The maximum absolute atomic E-state index is 10.9. The van der Waals surface area contributed by atoms with Crippen molar-refractivity contribution >= 4 is 11.7 Å². The van der Waals surface area contributed by atoms with Crippen molar-refractivity contribution in [2.45, 2.75) is 0 Å². The molecule has 0 aliphatic heterocycles. The van der Waals surface area contributed by atoms with Crippen molar-refractivity contribution in [3.8, 4) is 11.5 Å². The van der Waals surface area contributed by atoms with Crippen LogP contribution >= 0.6 is 0 Å². The van der Waals surface area contributed by atoms with Gasteiger partial charge in [0, 0.05) is 0 Å². The van der Waals surface area contributed by atoms with Crippen molar-refractivity contribution in [3.63, 3.8) is 0 Å². The van der Waals surface area contributed by atoms with Gasteiger partial charge in [-0.15, -0.1) is 0 Å². The minimum Gasteiger partial charge on any atom is -0.493 e. The van der Waals surface area contributed by atoms with Gasteiger partial charge in [0.2, 0.25) is 0 Å². The third-order valence-electron chi connectivity index (χ3n) is 1.97. The first-order valence-corrected chi connectivity index (χ1v) is 4.34. The second-order valence-corrected chi connectivity index (χ2v) is 2.81. The second kappa shape index (κ2) is 4.95. The van der Waals surface area contributed by atoms with Gasteiger partial charge < -0.3 is 14.6 Å². The van der Waals surface area contributed by atoms with E-state index in [4.69, 9.17) is 20.1 Å². The Morgan fingerprint density at radius 2 is 2.06 bits per heavy atom. The summed E-state index contributed by atoms with van der Waals surface area (Å²) in [4.78, 5) is 13.8. The van der Waals surface area contributed by atoms with Crippen LogP contribution in [0.25, 0.3) is 0 Å². The zero-order valence-electron chi connectivity index (χ0n) is 8.85. The third-order valence-corrected chi connectivity index (χ3v) is 1.97. The Bertz CT molecular complexity index is 464. The summed E-state index contributed by atoms with van der Waals surface area (Å²) in [5.41, 5.74) is 6.66. The van der Waals surface area contributed by atoms with Crippen molar-refractivity contribution in [3.05, 3.63) is 23.8 Å². The normalized spacial score (nSPS) is 9.12. The standard InChI is InChI=1S/C10H10N2O4/c1-15-7-5-3-4-6(9(7)16-2)8(12-11)10(13)14/h3-5,11H,1-2H3/p+1. The predicted molar refractivity (Wildman–Crippen MR) is 54.3 cm³/mol. The molecule has 0 fully saturated rings. The first kappa shape index (κ1) is 11.7. The number of hydrogen-bond acceptors (Lipinski definition) is 4. The lowest BCUT2D eigenvalue weighted by molar-refractivity contribution is -0.147. The van der Waals surface area contributed by atoms with Crippen LogP contribution in [0.2, 0.25) is 0 Å². The molecule has 2 N–H and O–H groups in total. The maximum Gasteiger partial charge on any atom is 0.459 e. The fourth-order valence-electron chi connectivity index (χ4n) is 1.30. The predicted octanol–water partition coefficient (Wildman–Crippen LogP) is 0.817. The molecule has 0 aliphatic carbocycles. The summed E-state index contributed by atoms with van der Waals surface area (Å²) in [6.45, 7) is 0. The molecule has 1 aromatic carbocycles. The lowest BCUT2D eigenvalue weighted by Gasteiger charge is -2.08. The zero-order chi connectivity index (χ0) is 12.1. The molecular weight excluding hydrogens is 212 g/mol. The molecule has 6 heteroatoms. The van der Waals surface area contributed by atoms with Crippen LogP contribution in [0.3, 0.4) is 0 Å². The van der Waals surface area contributed by atoms with E-state index in [-0.39, 0.29) is 11.3 Å². The summed E-state index contributed by atoms with van der Waals surface area (Å²) < 4.78 is 10.1. The molecule has 0 atom stereocenters. The number of ether oxygens (including phenoxy) is 2. The van der Waals surface area contributed by atoms with Gasteiger partial charge >= 0.3 is 11.7 Å². The highest BCUT2D eigenvalue weighted by atomic mass is 16.5. The number of rotatable bonds is 4. The number of hydrogen-bond donors (Lipinski definition) is 2. The van der Waals surface area contributed by atoms with Crippen LogP contribution in [-0.4, -0.2) is 35.8 Å². The Morgan fingerprint density at radius 3 is 2.50 bits per heavy atom. The molecule has 0 heterocycles. The van der Waals surface area contributed by atoms with E-state index in [2.05, 4.69) is 4.79 Å². The summed E-state index contributed by atoms with van der Waals surface area (Å²) in [6.07, 6.45) is 0. The van der Waals surface area contributed by atoms with Crippen LogP contribution in [0, 0.1) is 5.53 Å². The first-order chi connectivity index (χ1) is 7.65. The van der Waals surface area contributed by atoms with Gasteiger partial charge in [-0.05, 0) is 12.1 Å². The molecule has 0 bridgehead atoms. The van der Waals surface area contributed by atoms with Crippen LogP contribution in [0.5, 0.6) is 11.5 Å². The van der Waals surface area contributed by atoms with Gasteiger partial charge in [0.15, 0.2) is 11.5 Å². The largest absolute Gasteiger partial charge is 0.493 e. The monoisotopic (exact) mass is 223 g/mol. The number of methoxy groups -OCH3 is 2. The van der Waals surface area contributed by atoms with Crippen LogP contribution in [0.15, 0.2) is 18.2 Å². The van der Waals surface area contributed by atoms with Gasteiger partial charge in [0.05, 0.1) is 24.5 Å². The van der Waals surface area contributed by atoms with Crippen LogP contribution in [0.4, 0.5) is 0 Å². The SMILES string of the molecule is COc1cccc(C(=[N+]=N)C(=O)O)c1OC. The van der Waals surface area contributed by atoms with Gasteiger partial charge in [-0.2, -0.15) is 0 Å². The van der Waals surface area contributed by atoms with Crippen molar-refractivity contribution < 1.29 is 24.2 Å². The van der Waals surface area contributed by atoms with Gasteiger partial charge in [-0.3, -0.25) is 0 Å². The Labute approximate surface area is 91.7 Å². The Balaban J connectivity index is 3.44. The lowest BCUT2D eigenvalue weighted by atomic mass is 10.1. The molecule has 84 valence electrons. The molecule has 0 saturated carbocycles. The van der Waals surface area contributed by atoms with Crippen LogP contribution in [-0.2, 0) is 4.79 Å². The average molecular weight is 223 g/mol. The summed E-state index contributed by atoms with van der Waals surface area (Å²) in [5.74, 6) is -0.651. The van der Waals surface area contributed by atoms with Crippen LogP contribution in [0.1, 0.15) is 5.56 Å². The Morgan fingerprint density at radius 1 is 1.38 bits per heavy atom. The van der Waals surface area contributed by atoms with E-state index >= 15 is 0 Å². The number of benzene rings is 1. The molecule has 0 unspecified atom stereocenters. The molecule has 16 heavy (non-hydrogen) atoms. The topological polar surface area (TPSA) is 93.7 Å². The molecule has 0 aromatic heterocycles. The van der Waals surface area contributed by atoms with E-state index in [1.165, 1.54) is 20.3 Å². The van der Waals surface area contributed by atoms with E-state index in [1.54, 1.807) is 12.1 Å². The van der Waals surface area contributed by atoms with E-state index in [0.29, 0.717) is 5.75 Å². The number of nitrogens with zero attached hydrogens (tertiary/aromatic N) is 1. The number of carboxylic acids is 1. The van der Waals surface area contributed by atoms with Crippen molar-refractivity contribution in [2.75, 3.05) is 14.2 Å². The molecule has 0 saturated heterocycles. The average Bonchev–Trinajstić information content (AvgIpc) is 2.29. The Hall–Kier alpha value is -2.33. The third kappa shape index (κ3) is 2.02. The first-order valence-electron chi connectivity index (χ1n) is 4.34. The van der Waals surface area contributed by atoms with Gasteiger partial charge in [0.25, 0.3) is 0 Å². The molecule has 1 aromatic rings. The zero-order valence-corrected chi connectivity index (χ0v) is 8.85. The molecule has 1 rings (SSSR count). The molecular formula is C10H11N2O4+. The minimum atomic E-state index is -1.29. The maximum atomic E-state index is 10.9. The summed E-state index contributed by atoms with van der Waals surface area (Å²) in [7, 11) is 2.84. The number of carboxylic acid groups (broad SMARTS) is 1. The highest BCUT2D eigenvalue weighted by molar-refractivity contribution is 6.40. The van der Waals surface area contributed by atoms with E-state index in [1.807, 2.05) is 0 Å². The van der Waals surface area contributed by atoms with Gasteiger partial charge in [-0.25, -0.2) is 4.79 Å². The van der Waals surface area contributed by atoms with Crippen molar-refractivity contribution in [1.29, 1.82) is 5.53 Å². The van der Waals surface area contributed by atoms with Crippen molar-refractivity contribution in [2.24, 2.45) is 0 Å². The molecule has 0 spiro atoms.